The Labute approximate surface area is 205 Å². The Morgan fingerprint density at radius 2 is 1.81 bits per heavy atom. The smallest absolute Gasteiger partial charge is 0.305 e. The number of allylic oxidation sites excluding steroid dienone is 4. The number of nitrogens with zero attached hydrogens (tertiary/aromatic N) is 2. The molecule has 0 saturated carbocycles. The largest absolute Gasteiger partial charge is 0.321 e. The van der Waals surface area contributed by atoms with Gasteiger partial charge in [-0.05, 0) is 29.2 Å². The van der Waals surface area contributed by atoms with Crippen LogP contribution in [0, 0.1) is 6.92 Å². The monoisotopic (exact) mass is 505 g/mol. The Balaban J connectivity index is 0. The van der Waals surface area contributed by atoms with Crippen molar-refractivity contribution in [3.8, 4) is 0 Å². The molecule has 2 aromatic rings. The molecule has 0 aliphatic heterocycles. The number of rotatable bonds is 7. The van der Waals surface area contributed by atoms with Gasteiger partial charge in [0.1, 0.15) is 18.3 Å². The van der Waals surface area contributed by atoms with Crippen molar-refractivity contribution in [3.05, 3.63) is 69.0 Å². The summed E-state index contributed by atoms with van der Waals surface area (Å²) in [6.45, 7) is 11.7. The highest BCUT2D eigenvalue weighted by Gasteiger charge is 2.29. The molecule has 0 unspecified atom stereocenters. The molecule has 32 heavy (non-hydrogen) atoms. The Bertz CT molecular complexity index is 878. The van der Waals surface area contributed by atoms with Crippen molar-refractivity contribution in [2.75, 3.05) is 13.0 Å². The molecule has 1 heterocycles. The number of ketones is 1. The van der Waals surface area contributed by atoms with Crippen molar-refractivity contribution in [1.82, 2.24) is 5.16 Å². The summed E-state index contributed by atoms with van der Waals surface area (Å²) in [4.78, 5) is 28.3. The van der Waals surface area contributed by atoms with Crippen LogP contribution in [-0.2, 0) is 4.79 Å². The van der Waals surface area contributed by atoms with Crippen molar-refractivity contribution in [1.29, 1.82) is 0 Å². The standard InChI is InChI=1S/C11H9Cl2N2O3.C8H11ClO.2C2H6/c1-6-10(14-18-15(6)17-2)11(16)7-3-4-8(12)9(13)5-7;1-2-3-4-8(7-10)5-6-9;2*1-2/h3-5H,1-2H3;3-5,7H,2,6H2,1H3;2*1-2H3/q+1;;;/b;4-3-,8-5+;;. The van der Waals surface area contributed by atoms with E-state index < -0.39 is 0 Å². The number of aromatic nitrogens is 2. The fourth-order valence-electron chi connectivity index (χ4n) is 1.94. The maximum absolute atomic E-state index is 12.2. The number of hydrogen-bond acceptors (Lipinski definition) is 5. The van der Waals surface area contributed by atoms with E-state index >= 15 is 0 Å². The van der Waals surface area contributed by atoms with Crippen LogP contribution in [0.25, 0.3) is 0 Å². The van der Waals surface area contributed by atoms with Crippen LogP contribution in [0.4, 0.5) is 0 Å². The predicted molar refractivity (Wildman–Crippen MR) is 131 cm³/mol. The minimum Gasteiger partial charge on any atom is -0.305 e. The molecule has 0 atom stereocenters. The first-order chi connectivity index (χ1) is 15.4. The van der Waals surface area contributed by atoms with Gasteiger partial charge in [-0.1, -0.05) is 76.0 Å². The highest BCUT2D eigenvalue weighted by Crippen LogP contribution is 2.23. The summed E-state index contributed by atoms with van der Waals surface area (Å²) in [5, 5.41) is 4.35. The third-order valence-electron chi connectivity index (χ3n) is 3.38. The Morgan fingerprint density at radius 3 is 2.25 bits per heavy atom. The lowest BCUT2D eigenvalue weighted by atomic mass is 10.1. The van der Waals surface area contributed by atoms with E-state index in [1.54, 1.807) is 31.2 Å². The van der Waals surface area contributed by atoms with Crippen LogP contribution >= 0.6 is 34.8 Å². The van der Waals surface area contributed by atoms with Gasteiger partial charge in [0.2, 0.25) is 5.78 Å². The first-order valence-electron chi connectivity index (χ1n) is 10.2. The van der Waals surface area contributed by atoms with Crippen LogP contribution in [0.15, 0.2) is 46.6 Å². The number of benzene rings is 1. The summed E-state index contributed by atoms with van der Waals surface area (Å²) in [6, 6.07) is 4.61. The van der Waals surface area contributed by atoms with Gasteiger partial charge in [0, 0.05) is 23.9 Å². The summed E-state index contributed by atoms with van der Waals surface area (Å²) in [5.41, 5.74) is 1.66. The quantitative estimate of drug-likeness (QED) is 0.146. The summed E-state index contributed by atoms with van der Waals surface area (Å²) in [6.07, 6.45) is 7.12. The molecule has 6 nitrogen and oxygen atoms in total. The molecule has 0 spiro atoms. The van der Waals surface area contributed by atoms with Crippen molar-refractivity contribution in [2.45, 2.75) is 48.0 Å². The molecule has 1 aromatic heterocycles. The van der Waals surface area contributed by atoms with Crippen LogP contribution in [0.5, 0.6) is 0 Å². The zero-order valence-electron chi connectivity index (χ0n) is 19.6. The molecule has 2 rings (SSSR count). The molecule has 178 valence electrons. The first kappa shape index (κ1) is 32.0. The second kappa shape index (κ2) is 19.5. The Kier molecular flexibility index (Phi) is 19.5. The van der Waals surface area contributed by atoms with Crippen molar-refractivity contribution < 1.29 is 24.0 Å². The summed E-state index contributed by atoms with van der Waals surface area (Å²) >= 11 is 17.0. The number of carbonyl (C=O) groups excluding carboxylic acids is 2. The lowest BCUT2D eigenvalue weighted by Gasteiger charge is -1.98. The first-order valence-corrected chi connectivity index (χ1v) is 11.5. The van der Waals surface area contributed by atoms with E-state index in [9.17, 15) is 9.59 Å². The summed E-state index contributed by atoms with van der Waals surface area (Å²) in [7, 11) is 1.41. The van der Waals surface area contributed by atoms with Crippen LogP contribution in [0.3, 0.4) is 0 Å². The van der Waals surface area contributed by atoms with E-state index in [-0.39, 0.29) is 11.5 Å². The molecule has 1 aromatic carbocycles. The molecule has 0 radical (unpaired) electrons. The van der Waals surface area contributed by atoms with Gasteiger partial charge in [-0.3, -0.25) is 9.59 Å². The van der Waals surface area contributed by atoms with Gasteiger partial charge in [0.15, 0.2) is 5.16 Å². The third kappa shape index (κ3) is 10.9. The van der Waals surface area contributed by atoms with Gasteiger partial charge in [-0.2, -0.15) is 0 Å². The number of aldehydes is 1. The van der Waals surface area contributed by atoms with Gasteiger partial charge in [-0.25, -0.2) is 0 Å². The fraction of sp³-hybridized carbons (Fsp3) is 0.391. The lowest BCUT2D eigenvalue weighted by Crippen LogP contribution is -2.41. The van der Waals surface area contributed by atoms with E-state index in [2.05, 4.69) is 5.16 Å². The van der Waals surface area contributed by atoms with Gasteiger partial charge in [0.05, 0.1) is 10.0 Å². The number of carbonyl (C=O) groups is 2. The van der Waals surface area contributed by atoms with Crippen LogP contribution in [0.1, 0.15) is 62.8 Å². The minimum absolute atomic E-state index is 0.162. The van der Waals surface area contributed by atoms with Crippen LogP contribution in [0.2, 0.25) is 10.0 Å². The van der Waals surface area contributed by atoms with Crippen molar-refractivity contribution >= 4 is 46.9 Å². The van der Waals surface area contributed by atoms with Gasteiger partial charge >= 0.3 is 5.69 Å². The van der Waals surface area contributed by atoms with Crippen molar-refractivity contribution in [2.24, 2.45) is 0 Å². The Morgan fingerprint density at radius 1 is 1.19 bits per heavy atom. The highest BCUT2D eigenvalue weighted by molar-refractivity contribution is 6.42. The molecule has 0 aliphatic carbocycles. The molecule has 0 saturated heterocycles. The zero-order valence-corrected chi connectivity index (χ0v) is 21.9. The predicted octanol–water partition coefficient (Wildman–Crippen LogP) is 6.24. The molecule has 0 amide bonds. The topological polar surface area (TPSA) is 73.3 Å². The normalized spacial score (nSPS) is 10.1. The van der Waals surface area contributed by atoms with E-state index in [4.69, 9.17) is 44.3 Å². The molecule has 0 N–H and O–H groups in total. The Hall–Kier alpha value is -2.15. The van der Waals surface area contributed by atoms with E-state index in [1.165, 1.54) is 13.2 Å². The SMILES string of the molecule is CC.CC.CC/C=C\C(C=O)=C/CCl.CO[n+]1onc(C(=O)c2ccc(Cl)c(Cl)c2)c1C. The summed E-state index contributed by atoms with van der Waals surface area (Å²) in [5.74, 6) is 0.0768. The number of halogens is 3. The molecule has 9 heteroatoms. The number of alkyl halides is 1. The van der Waals surface area contributed by atoms with Gasteiger partial charge in [-0.15, -0.1) is 11.6 Å². The minimum atomic E-state index is -0.314. The molecule has 0 bridgehead atoms. The maximum Gasteiger partial charge on any atom is 0.321 e. The second-order valence-corrected chi connectivity index (χ2v) is 6.41. The van der Waals surface area contributed by atoms with Gasteiger partial charge in [0.25, 0.3) is 5.69 Å². The van der Waals surface area contributed by atoms with Crippen LogP contribution < -0.4 is 9.74 Å². The molecule has 0 fully saturated rings. The summed E-state index contributed by atoms with van der Waals surface area (Å²) < 4.78 is 4.81. The van der Waals surface area contributed by atoms with Gasteiger partial charge < -0.3 is 4.84 Å². The second-order valence-electron chi connectivity index (χ2n) is 5.29. The lowest BCUT2D eigenvalue weighted by molar-refractivity contribution is -1.02. The third-order valence-corrected chi connectivity index (χ3v) is 4.27. The van der Waals surface area contributed by atoms with E-state index in [0.717, 1.165) is 17.6 Å². The van der Waals surface area contributed by atoms with Crippen molar-refractivity contribution in [3.63, 3.8) is 0 Å². The average molecular weight is 507 g/mol. The zero-order chi connectivity index (χ0) is 25.1. The van der Waals surface area contributed by atoms with E-state index in [1.807, 2.05) is 40.7 Å². The average Bonchev–Trinajstić information content (AvgIpc) is 3.21. The maximum atomic E-state index is 12.2. The molecule has 0 aliphatic rings. The van der Waals surface area contributed by atoms with E-state index in [0.29, 0.717) is 32.8 Å². The fourth-order valence-corrected chi connectivity index (χ4v) is 2.42. The van der Waals surface area contributed by atoms with Crippen LogP contribution in [-0.4, -0.2) is 30.2 Å². The number of hydrogen-bond donors (Lipinski definition) is 0. The molecular formula is C23H32Cl3N2O4+. The molecular weight excluding hydrogens is 475 g/mol. The highest BCUT2D eigenvalue weighted by atomic mass is 35.5.